The van der Waals surface area contributed by atoms with Gasteiger partial charge in [0.15, 0.2) is 16.3 Å². The van der Waals surface area contributed by atoms with E-state index in [4.69, 9.17) is 27.5 Å². The molecule has 2 aromatic carbocycles. The number of amides is 1. The number of hydrogen-bond donors (Lipinski definition) is 0. The van der Waals surface area contributed by atoms with Gasteiger partial charge < -0.3 is 14.0 Å². The maximum absolute atomic E-state index is 13.2. The first-order chi connectivity index (χ1) is 16.8. The van der Waals surface area contributed by atoms with Crippen molar-refractivity contribution in [3.8, 4) is 23.8 Å². The molecule has 184 valence electrons. The molecule has 1 atom stereocenters. The van der Waals surface area contributed by atoms with Crippen LogP contribution in [0.1, 0.15) is 12.8 Å². The van der Waals surface area contributed by atoms with E-state index < -0.39 is 15.9 Å². The van der Waals surface area contributed by atoms with Gasteiger partial charge in [0, 0.05) is 30.2 Å². The molecule has 1 aliphatic heterocycles. The Kier molecular flexibility index (Phi) is 7.52. The second-order valence-corrected chi connectivity index (χ2v) is 11.3. The Balaban J connectivity index is 1.66. The van der Waals surface area contributed by atoms with Crippen LogP contribution in [0.5, 0.6) is 11.5 Å². The van der Waals surface area contributed by atoms with E-state index in [1.807, 2.05) is 6.07 Å². The molecule has 3 aromatic rings. The molecule has 1 aliphatic rings. The molecule has 0 aliphatic carbocycles. The number of piperidine rings is 1. The summed E-state index contributed by atoms with van der Waals surface area (Å²) in [7, 11) is -0.652. The lowest BCUT2D eigenvalue weighted by Crippen LogP contribution is -2.42. The van der Waals surface area contributed by atoms with Crippen molar-refractivity contribution in [1.29, 1.82) is 0 Å². The van der Waals surface area contributed by atoms with Gasteiger partial charge in [0.25, 0.3) is 5.91 Å². The number of benzene rings is 2. The molecule has 11 heteroatoms. The van der Waals surface area contributed by atoms with Crippen LogP contribution in [0, 0.1) is 18.3 Å². The van der Waals surface area contributed by atoms with Crippen molar-refractivity contribution in [2.45, 2.75) is 24.3 Å². The third kappa shape index (κ3) is 5.09. The number of terminal acetylenes is 1. The van der Waals surface area contributed by atoms with Gasteiger partial charge in [0.2, 0.25) is 10.0 Å². The summed E-state index contributed by atoms with van der Waals surface area (Å²) in [4.78, 5) is 18.1. The van der Waals surface area contributed by atoms with E-state index in [0.29, 0.717) is 40.7 Å². The van der Waals surface area contributed by atoms with Gasteiger partial charge in [-0.15, -0.1) is 6.42 Å². The van der Waals surface area contributed by atoms with Crippen molar-refractivity contribution in [2.75, 3.05) is 27.3 Å². The summed E-state index contributed by atoms with van der Waals surface area (Å²) in [6.45, 7) is 0.618. The fourth-order valence-corrected chi connectivity index (χ4v) is 6.72. The van der Waals surface area contributed by atoms with Gasteiger partial charge in [-0.1, -0.05) is 28.9 Å². The van der Waals surface area contributed by atoms with Crippen molar-refractivity contribution >= 4 is 49.1 Å². The molecule has 0 spiro atoms. The number of nitrogens with zero attached hydrogens (tertiary/aromatic N) is 3. The van der Waals surface area contributed by atoms with Crippen LogP contribution in [-0.4, -0.2) is 50.5 Å². The number of rotatable bonds is 6. The number of methoxy groups -OCH3 is 2. The molecule has 1 saturated heterocycles. The lowest BCUT2D eigenvalue weighted by atomic mass is 9.99. The molecule has 0 N–H and O–H groups in total. The molecule has 1 unspecified atom stereocenters. The lowest BCUT2D eigenvalue weighted by molar-refractivity contribution is -0.122. The first-order valence-corrected chi connectivity index (χ1v) is 13.4. The molecule has 35 heavy (non-hydrogen) atoms. The number of hydrogen-bond acceptors (Lipinski definition) is 6. The second-order valence-electron chi connectivity index (χ2n) is 7.96. The quantitative estimate of drug-likeness (QED) is 0.452. The van der Waals surface area contributed by atoms with E-state index >= 15 is 0 Å². The van der Waals surface area contributed by atoms with Crippen molar-refractivity contribution < 1.29 is 22.7 Å². The van der Waals surface area contributed by atoms with Gasteiger partial charge in [-0.05, 0) is 37.1 Å². The molecule has 1 amide bonds. The van der Waals surface area contributed by atoms with E-state index in [9.17, 15) is 13.2 Å². The summed E-state index contributed by atoms with van der Waals surface area (Å²) in [5.74, 6) is 2.76. The number of fused-ring (bicyclic) bond motifs is 1. The van der Waals surface area contributed by atoms with Crippen LogP contribution in [0.15, 0.2) is 46.3 Å². The highest BCUT2D eigenvalue weighted by Crippen LogP contribution is 2.33. The molecule has 2 heterocycles. The summed E-state index contributed by atoms with van der Waals surface area (Å²) < 4.78 is 40.9. The number of sulfonamides is 1. The monoisotopic (exact) mass is 533 g/mol. The Morgan fingerprint density at radius 2 is 1.91 bits per heavy atom. The van der Waals surface area contributed by atoms with Gasteiger partial charge in [-0.3, -0.25) is 4.79 Å². The van der Waals surface area contributed by atoms with E-state index in [2.05, 4.69) is 10.9 Å². The van der Waals surface area contributed by atoms with Crippen LogP contribution < -0.4 is 14.3 Å². The van der Waals surface area contributed by atoms with Gasteiger partial charge in [-0.25, -0.2) is 8.42 Å². The van der Waals surface area contributed by atoms with Crippen molar-refractivity contribution in [3.05, 3.63) is 46.2 Å². The Hall–Kier alpha value is -2.84. The Labute approximate surface area is 212 Å². The Bertz CT molecular complexity index is 1470. The topological polar surface area (TPSA) is 90.2 Å². The molecule has 4 rings (SSSR count). The fraction of sp³-hybridized carbons (Fsp3) is 0.333. The number of thiazole rings is 1. The van der Waals surface area contributed by atoms with E-state index in [0.717, 1.165) is 10.2 Å². The highest BCUT2D eigenvalue weighted by molar-refractivity contribution is 7.89. The predicted molar refractivity (Wildman–Crippen MR) is 135 cm³/mol. The average molecular weight is 534 g/mol. The summed E-state index contributed by atoms with van der Waals surface area (Å²) in [6, 6.07) is 9.62. The zero-order chi connectivity index (χ0) is 25.2. The number of ether oxygens (including phenoxy) is 2. The molecule has 0 radical (unpaired) electrons. The van der Waals surface area contributed by atoms with Gasteiger partial charge in [-0.2, -0.15) is 9.30 Å². The Morgan fingerprint density at radius 3 is 2.57 bits per heavy atom. The number of halogens is 1. The van der Waals surface area contributed by atoms with Crippen molar-refractivity contribution in [2.24, 2.45) is 10.9 Å². The molecule has 0 bridgehead atoms. The standard InChI is InChI=1S/C24H24ClN3O5S2/c1-4-11-28-19-13-20(32-2)21(33-3)14-22(19)34-24(28)26-23(29)16-6-5-12-27(15-16)35(30,31)18-9-7-17(25)8-10-18/h1,7-10,13-14,16H,5-6,11-12,15H2,2-3H3. The minimum atomic E-state index is -3.75. The minimum absolute atomic E-state index is 0.0645. The van der Waals surface area contributed by atoms with E-state index in [1.54, 1.807) is 24.9 Å². The Morgan fingerprint density at radius 1 is 1.23 bits per heavy atom. The highest BCUT2D eigenvalue weighted by atomic mass is 35.5. The number of aromatic nitrogens is 1. The molecule has 1 aromatic heterocycles. The third-order valence-electron chi connectivity index (χ3n) is 5.83. The maximum Gasteiger partial charge on any atom is 0.252 e. The summed E-state index contributed by atoms with van der Waals surface area (Å²) in [5.41, 5.74) is 0.771. The molecular weight excluding hydrogens is 510 g/mol. The van der Waals surface area contributed by atoms with Crippen LogP contribution in [-0.2, 0) is 21.4 Å². The first kappa shape index (κ1) is 25.3. The third-order valence-corrected chi connectivity index (χ3v) is 9.00. The van der Waals surface area contributed by atoms with Crippen LogP contribution in [0.25, 0.3) is 10.2 Å². The fourth-order valence-electron chi connectivity index (χ4n) is 4.03. The summed E-state index contributed by atoms with van der Waals surface area (Å²) >= 11 is 7.20. The summed E-state index contributed by atoms with van der Waals surface area (Å²) in [5, 5.41) is 0.452. The normalized spacial score (nSPS) is 17.3. The zero-order valence-corrected chi connectivity index (χ0v) is 21.6. The van der Waals surface area contributed by atoms with E-state index in [-0.39, 0.29) is 23.9 Å². The summed E-state index contributed by atoms with van der Waals surface area (Å²) in [6.07, 6.45) is 6.69. The largest absolute Gasteiger partial charge is 0.493 e. The molecule has 0 saturated carbocycles. The van der Waals surface area contributed by atoms with Crippen molar-refractivity contribution in [3.63, 3.8) is 0 Å². The average Bonchev–Trinajstić information content (AvgIpc) is 3.19. The zero-order valence-electron chi connectivity index (χ0n) is 19.2. The van der Waals surface area contributed by atoms with Crippen LogP contribution in [0.2, 0.25) is 5.02 Å². The van der Waals surface area contributed by atoms with Gasteiger partial charge >= 0.3 is 0 Å². The SMILES string of the molecule is C#CCn1c(=NC(=O)C2CCCN(S(=O)(=O)c3ccc(Cl)cc3)C2)sc2cc(OC)c(OC)cc21. The van der Waals surface area contributed by atoms with Gasteiger partial charge in [0.05, 0.1) is 41.8 Å². The van der Waals surface area contributed by atoms with E-state index in [1.165, 1.54) is 39.9 Å². The van der Waals surface area contributed by atoms with Crippen LogP contribution in [0.4, 0.5) is 0 Å². The second kappa shape index (κ2) is 10.4. The first-order valence-electron chi connectivity index (χ1n) is 10.8. The molecular formula is C24H24ClN3O5S2. The molecule has 8 nitrogen and oxygen atoms in total. The number of carbonyl (C=O) groups is 1. The smallest absolute Gasteiger partial charge is 0.252 e. The molecule has 1 fully saturated rings. The highest BCUT2D eigenvalue weighted by Gasteiger charge is 2.33. The van der Waals surface area contributed by atoms with Crippen molar-refractivity contribution in [1.82, 2.24) is 8.87 Å². The van der Waals surface area contributed by atoms with Crippen LogP contribution in [0.3, 0.4) is 0 Å². The predicted octanol–water partition coefficient (Wildman–Crippen LogP) is 3.53. The minimum Gasteiger partial charge on any atom is -0.493 e. The van der Waals surface area contributed by atoms with Crippen LogP contribution >= 0.6 is 22.9 Å². The number of carbonyl (C=O) groups excluding carboxylic acids is 1. The van der Waals surface area contributed by atoms with Gasteiger partial charge in [0.1, 0.15) is 0 Å². The lowest BCUT2D eigenvalue weighted by Gasteiger charge is -2.30. The maximum atomic E-state index is 13.2.